The van der Waals surface area contributed by atoms with Crippen LogP contribution in [0.2, 0.25) is 0 Å². The van der Waals surface area contributed by atoms with Gasteiger partial charge in [0.2, 0.25) is 0 Å². The number of benzene rings is 3. The van der Waals surface area contributed by atoms with Gasteiger partial charge in [-0.2, -0.15) is 12.6 Å². The first kappa shape index (κ1) is 19.7. The van der Waals surface area contributed by atoms with Gasteiger partial charge in [-0.15, -0.1) is 0 Å². The van der Waals surface area contributed by atoms with E-state index in [9.17, 15) is 0 Å². The third-order valence-corrected chi connectivity index (χ3v) is 5.46. The molecule has 0 unspecified atom stereocenters. The third-order valence-electron chi connectivity index (χ3n) is 5.02. The summed E-state index contributed by atoms with van der Waals surface area (Å²) < 4.78 is 0. The smallest absolute Gasteiger partial charge is 0.0950 e. The molecule has 0 aliphatic heterocycles. The predicted molar refractivity (Wildman–Crippen MR) is 119 cm³/mol. The maximum atomic E-state index is 4.68. The molecule has 1 nitrogen and oxygen atoms in total. The summed E-state index contributed by atoms with van der Waals surface area (Å²) in [5.74, 6) is 1.40. The molecule has 0 spiro atoms. The molecule has 0 aliphatic carbocycles. The molecule has 0 bridgehead atoms. The average Bonchev–Trinajstić information content (AvgIpc) is 2.73. The molecule has 3 rings (SSSR count). The molecule has 140 valence electrons. The van der Waals surface area contributed by atoms with E-state index in [1.54, 1.807) is 0 Å². The van der Waals surface area contributed by atoms with Gasteiger partial charge >= 0.3 is 0 Å². The maximum Gasteiger partial charge on any atom is 0.0950 e. The van der Waals surface area contributed by atoms with E-state index in [0.29, 0.717) is 12.0 Å². The van der Waals surface area contributed by atoms with Gasteiger partial charge in [0.1, 0.15) is 0 Å². The van der Waals surface area contributed by atoms with E-state index in [-0.39, 0.29) is 0 Å². The van der Waals surface area contributed by atoms with Crippen molar-refractivity contribution in [2.75, 3.05) is 5.75 Å². The van der Waals surface area contributed by atoms with Crippen LogP contribution in [0.4, 0.5) is 0 Å². The maximum absolute atomic E-state index is 4.68. The van der Waals surface area contributed by atoms with E-state index < -0.39 is 5.54 Å². The Morgan fingerprint density at radius 1 is 0.704 bits per heavy atom. The Labute approximate surface area is 169 Å². The molecule has 0 fully saturated rings. The van der Waals surface area contributed by atoms with E-state index >= 15 is 0 Å². The molecular formula is C25H29NS. The lowest BCUT2D eigenvalue weighted by molar-refractivity contribution is 0.365. The monoisotopic (exact) mass is 375 g/mol. The predicted octanol–water partition coefficient (Wildman–Crippen LogP) is 5.91. The molecular weight excluding hydrogens is 346 g/mol. The van der Waals surface area contributed by atoms with Crippen LogP contribution in [-0.4, -0.2) is 11.8 Å². The Morgan fingerprint density at radius 2 is 1.07 bits per heavy atom. The molecule has 27 heavy (non-hydrogen) atoms. The van der Waals surface area contributed by atoms with Gasteiger partial charge in [-0.1, -0.05) is 105 Å². The van der Waals surface area contributed by atoms with Gasteiger partial charge in [0.15, 0.2) is 0 Å². The molecule has 0 saturated heterocycles. The number of rotatable bonds is 8. The molecule has 0 radical (unpaired) electrons. The minimum absolute atomic E-state index is 0.300. The Bertz CT molecular complexity index is 703. The summed E-state index contributed by atoms with van der Waals surface area (Å²) in [5.41, 5.74) is 3.33. The van der Waals surface area contributed by atoms with Crippen molar-refractivity contribution in [2.45, 2.75) is 31.8 Å². The lowest BCUT2D eigenvalue weighted by Crippen LogP contribution is -2.50. The van der Waals surface area contributed by atoms with E-state index in [1.807, 2.05) is 0 Å². The van der Waals surface area contributed by atoms with Crippen LogP contribution in [-0.2, 0) is 5.54 Å². The average molecular weight is 376 g/mol. The summed E-state index contributed by atoms with van der Waals surface area (Å²) in [6.07, 6.45) is 1.08. The third kappa shape index (κ3) is 4.45. The Morgan fingerprint density at radius 3 is 1.37 bits per heavy atom. The van der Waals surface area contributed by atoms with Gasteiger partial charge in [0.05, 0.1) is 5.54 Å². The molecule has 0 aromatic heterocycles. The van der Waals surface area contributed by atoms with Gasteiger partial charge in [-0.3, -0.25) is 5.32 Å². The lowest BCUT2D eigenvalue weighted by Gasteiger charge is -2.40. The molecule has 0 heterocycles. The molecule has 1 N–H and O–H groups in total. The highest BCUT2D eigenvalue weighted by Crippen LogP contribution is 2.37. The fraction of sp³-hybridized carbons (Fsp3) is 0.280. The van der Waals surface area contributed by atoms with Gasteiger partial charge in [0.25, 0.3) is 0 Å². The second-order valence-electron chi connectivity index (χ2n) is 7.50. The second kappa shape index (κ2) is 9.25. The van der Waals surface area contributed by atoms with Crippen molar-refractivity contribution in [3.63, 3.8) is 0 Å². The van der Waals surface area contributed by atoms with Crippen molar-refractivity contribution >= 4 is 12.6 Å². The molecule has 0 aliphatic rings. The minimum Gasteiger partial charge on any atom is -0.296 e. The van der Waals surface area contributed by atoms with Gasteiger partial charge in [-0.25, -0.2) is 0 Å². The van der Waals surface area contributed by atoms with Crippen molar-refractivity contribution in [3.05, 3.63) is 108 Å². The highest BCUT2D eigenvalue weighted by Gasteiger charge is 2.37. The Balaban J connectivity index is 2.22. The lowest BCUT2D eigenvalue weighted by atomic mass is 9.76. The van der Waals surface area contributed by atoms with Crippen LogP contribution >= 0.6 is 12.6 Å². The van der Waals surface area contributed by atoms with Crippen molar-refractivity contribution in [2.24, 2.45) is 5.92 Å². The summed E-state index contributed by atoms with van der Waals surface area (Å²) in [6.45, 7) is 4.54. The van der Waals surface area contributed by atoms with Gasteiger partial charge in [-0.05, 0) is 29.0 Å². The SMILES string of the molecule is CC(C)C[C@@H](CS)NC(c1ccccc1)(c1ccccc1)c1ccccc1. The molecule has 3 aromatic rings. The van der Waals surface area contributed by atoms with Crippen molar-refractivity contribution in [3.8, 4) is 0 Å². The van der Waals surface area contributed by atoms with Gasteiger partial charge < -0.3 is 0 Å². The number of thiol groups is 1. The fourth-order valence-corrected chi connectivity index (χ4v) is 4.11. The van der Waals surface area contributed by atoms with Gasteiger partial charge in [0, 0.05) is 11.8 Å². The van der Waals surface area contributed by atoms with E-state index in [4.69, 9.17) is 0 Å². The van der Waals surface area contributed by atoms with Crippen molar-refractivity contribution in [1.29, 1.82) is 0 Å². The molecule has 2 heteroatoms. The molecule has 3 aromatic carbocycles. The quantitative estimate of drug-likeness (QED) is 0.368. The summed E-state index contributed by atoms with van der Waals surface area (Å²) in [6, 6.07) is 32.6. The zero-order valence-electron chi connectivity index (χ0n) is 16.2. The number of hydrogen-bond donors (Lipinski definition) is 2. The number of nitrogens with one attached hydrogen (secondary N) is 1. The van der Waals surface area contributed by atoms with E-state index in [2.05, 4.69) is 123 Å². The standard InChI is InChI=1S/C25H29NS/c1-20(2)18-24(19-27)26-25(21-12-6-3-7-13-21,22-14-8-4-9-15-22)23-16-10-5-11-17-23/h3-17,20,24,26-27H,18-19H2,1-2H3/t24-/m0/s1. The van der Waals surface area contributed by atoms with Crippen molar-refractivity contribution < 1.29 is 0 Å². The Kier molecular flexibility index (Phi) is 6.76. The summed E-state index contributed by atoms with van der Waals surface area (Å²) in [4.78, 5) is 0. The van der Waals surface area contributed by atoms with Crippen LogP contribution in [0, 0.1) is 5.92 Å². The minimum atomic E-state index is -0.411. The first-order valence-corrected chi connectivity index (χ1v) is 10.3. The topological polar surface area (TPSA) is 12.0 Å². The van der Waals surface area contributed by atoms with Crippen LogP contribution in [0.3, 0.4) is 0 Å². The molecule has 1 atom stereocenters. The number of hydrogen-bond acceptors (Lipinski definition) is 2. The van der Waals surface area contributed by atoms with Crippen LogP contribution < -0.4 is 5.32 Å². The Hall–Kier alpha value is -2.03. The van der Waals surface area contributed by atoms with Crippen LogP contribution in [0.1, 0.15) is 37.0 Å². The molecule has 0 saturated carbocycles. The van der Waals surface area contributed by atoms with Crippen LogP contribution in [0.15, 0.2) is 91.0 Å². The first-order valence-electron chi connectivity index (χ1n) is 9.72. The van der Waals surface area contributed by atoms with Crippen LogP contribution in [0.25, 0.3) is 0 Å². The summed E-state index contributed by atoms with van der Waals surface area (Å²) >= 11 is 4.68. The highest BCUT2D eigenvalue weighted by molar-refractivity contribution is 7.80. The first-order chi connectivity index (χ1) is 13.2. The van der Waals surface area contributed by atoms with E-state index in [1.165, 1.54) is 16.7 Å². The zero-order valence-corrected chi connectivity index (χ0v) is 17.1. The summed E-state index contributed by atoms with van der Waals surface area (Å²) in [7, 11) is 0. The zero-order chi connectivity index (χ0) is 19.1. The highest BCUT2D eigenvalue weighted by atomic mass is 32.1. The fourth-order valence-electron chi connectivity index (χ4n) is 3.87. The van der Waals surface area contributed by atoms with E-state index in [0.717, 1.165) is 12.2 Å². The normalized spacial score (nSPS) is 12.9. The van der Waals surface area contributed by atoms with Crippen LogP contribution in [0.5, 0.6) is 0 Å². The summed E-state index contributed by atoms with van der Waals surface area (Å²) in [5, 5.41) is 4.02. The molecule has 0 amide bonds. The largest absolute Gasteiger partial charge is 0.296 e. The van der Waals surface area contributed by atoms with Crippen molar-refractivity contribution in [1.82, 2.24) is 5.32 Å². The second-order valence-corrected chi connectivity index (χ2v) is 7.87.